The van der Waals surface area contributed by atoms with Crippen LogP contribution in [0.4, 0.5) is 5.82 Å². The van der Waals surface area contributed by atoms with Gasteiger partial charge in [0.25, 0.3) is 0 Å². The minimum Gasteiger partial charge on any atom is -0.471 e. The Morgan fingerprint density at radius 2 is 2.33 bits per heavy atom. The highest BCUT2D eigenvalue weighted by Gasteiger charge is 2.27. The van der Waals surface area contributed by atoms with Gasteiger partial charge in [0.2, 0.25) is 11.8 Å². The lowest BCUT2D eigenvalue weighted by Gasteiger charge is -2.16. The summed E-state index contributed by atoms with van der Waals surface area (Å²) in [6.45, 7) is 1.26. The van der Waals surface area contributed by atoms with E-state index in [9.17, 15) is 4.79 Å². The number of thiophene rings is 1. The summed E-state index contributed by atoms with van der Waals surface area (Å²) in [7, 11) is 3.81. The fraction of sp³-hybridized carbons (Fsp3) is 0.353. The summed E-state index contributed by atoms with van der Waals surface area (Å²) in [5, 5.41) is 1.99. The van der Waals surface area contributed by atoms with Gasteiger partial charge in [0.15, 0.2) is 5.82 Å². The summed E-state index contributed by atoms with van der Waals surface area (Å²) in [6, 6.07) is 3.96. The van der Waals surface area contributed by atoms with Crippen LogP contribution in [-0.4, -0.2) is 54.1 Å². The summed E-state index contributed by atoms with van der Waals surface area (Å²) < 4.78 is 5.88. The molecule has 0 N–H and O–H groups in total. The van der Waals surface area contributed by atoms with Gasteiger partial charge in [-0.1, -0.05) is 6.07 Å². The average Bonchev–Trinajstić information content (AvgIpc) is 3.24. The van der Waals surface area contributed by atoms with Crippen molar-refractivity contribution >= 4 is 29.1 Å². The topological polar surface area (TPSA) is 58.6 Å². The number of hydrogen-bond donors (Lipinski definition) is 0. The van der Waals surface area contributed by atoms with E-state index in [1.165, 1.54) is 0 Å². The molecule has 0 radical (unpaired) electrons. The number of carbonyl (C=O) groups excluding carboxylic acids is 1. The fourth-order valence-corrected chi connectivity index (χ4v) is 3.07. The SMILES string of the molecule is CN(C)c1cncc(OC2CCN(C(=O)C=Cc3cccs3)C2)n1. The Morgan fingerprint density at radius 1 is 1.46 bits per heavy atom. The van der Waals surface area contributed by atoms with Gasteiger partial charge in [-0.2, -0.15) is 4.98 Å². The maximum atomic E-state index is 12.2. The normalized spacial score (nSPS) is 17.4. The van der Waals surface area contributed by atoms with Crippen molar-refractivity contribution in [2.45, 2.75) is 12.5 Å². The first kappa shape index (κ1) is 16.4. The molecule has 2 aromatic rings. The van der Waals surface area contributed by atoms with Gasteiger partial charge >= 0.3 is 0 Å². The third kappa shape index (κ3) is 4.11. The zero-order valence-corrected chi connectivity index (χ0v) is 14.6. The first-order valence-electron chi connectivity index (χ1n) is 7.78. The van der Waals surface area contributed by atoms with Gasteiger partial charge in [-0.15, -0.1) is 11.3 Å². The molecule has 1 unspecified atom stereocenters. The molecule has 1 amide bonds. The van der Waals surface area contributed by atoms with Crippen LogP contribution in [0.5, 0.6) is 5.88 Å². The van der Waals surface area contributed by atoms with Crippen LogP contribution >= 0.6 is 11.3 Å². The van der Waals surface area contributed by atoms with Crippen LogP contribution in [-0.2, 0) is 4.79 Å². The first-order chi connectivity index (χ1) is 11.6. The summed E-state index contributed by atoms with van der Waals surface area (Å²) in [4.78, 5) is 25.5. The molecule has 7 heteroatoms. The first-order valence-corrected chi connectivity index (χ1v) is 8.66. The molecule has 126 valence electrons. The molecule has 3 rings (SSSR count). The third-order valence-corrected chi connectivity index (χ3v) is 4.57. The lowest BCUT2D eigenvalue weighted by atomic mass is 10.3. The van der Waals surface area contributed by atoms with Gasteiger partial charge in [0, 0.05) is 38.0 Å². The second-order valence-electron chi connectivity index (χ2n) is 5.77. The molecular formula is C17H20N4O2S. The largest absolute Gasteiger partial charge is 0.471 e. The van der Waals surface area contributed by atoms with Crippen LogP contribution < -0.4 is 9.64 Å². The predicted molar refractivity (Wildman–Crippen MR) is 95.3 cm³/mol. The zero-order valence-electron chi connectivity index (χ0n) is 13.8. The third-order valence-electron chi connectivity index (χ3n) is 3.74. The van der Waals surface area contributed by atoms with E-state index in [0.717, 1.165) is 17.1 Å². The van der Waals surface area contributed by atoms with Gasteiger partial charge in [0.05, 0.1) is 18.9 Å². The molecule has 1 atom stereocenters. The molecule has 0 saturated carbocycles. The van der Waals surface area contributed by atoms with Gasteiger partial charge in [0.1, 0.15) is 6.10 Å². The second-order valence-corrected chi connectivity index (χ2v) is 6.75. The molecule has 0 spiro atoms. The molecule has 1 saturated heterocycles. The summed E-state index contributed by atoms with van der Waals surface area (Å²) >= 11 is 1.61. The molecule has 2 aromatic heterocycles. The standard InChI is InChI=1S/C17H20N4O2S/c1-20(2)15-10-18-11-16(19-15)23-13-7-8-21(12-13)17(22)6-5-14-4-3-9-24-14/h3-6,9-11,13H,7-8,12H2,1-2H3. The quantitative estimate of drug-likeness (QED) is 0.779. The Morgan fingerprint density at radius 3 is 3.08 bits per heavy atom. The van der Waals surface area contributed by atoms with Crippen LogP contribution in [0.3, 0.4) is 0 Å². The fourth-order valence-electron chi connectivity index (χ4n) is 2.45. The number of likely N-dealkylation sites (tertiary alicyclic amines) is 1. The lowest BCUT2D eigenvalue weighted by Crippen LogP contribution is -2.29. The molecule has 0 aliphatic carbocycles. The lowest BCUT2D eigenvalue weighted by molar-refractivity contribution is -0.125. The van der Waals surface area contributed by atoms with Crippen molar-refractivity contribution in [3.63, 3.8) is 0 Å². The molecule has 1 aliphatic rings. The number of ether oxygens (including phenoxy) is 1. The Bertz CT molecular complexity index is 715. The maximum absolute atomic E-state index is 12.2. The Labute approximate surface area is 145 Å². The molecule has 24 heavy (non-hydrogen) atoms. The summed E-state index contributed by atoms with van der Waals surface area (Å²) in [5.41, 5.74) is 0. The zero-order chi connectivity index (χ0) is 16.9. The van der Waals surface area contributed by atoms with Crippen LogP contribution in [0.15, 0.2) is 36.0 Å². The van der Waals surface area contributed by atoms with E-state index in [1.54, 1.807) is 34.7 Å². The van der Waals surface area contributed by atoms with Crippen LogP contribution in [0.2, 0.25) is 0 Å². The van der Waals surface area contributed by atoms with E-state index < -0.39 is 0 Å². The number of nitrogens with zero attached hydrogens (tertiary/aromatic N) is 4. The molecule has 0 bridgehead atoms. The number of hydrogen-bond acceptors (Lipinski definition) is 6. The van der Waals surface area contributed by atoms with Crippen LogP contribution in [0.25, 0.3) is 6.08 Å². The molecular weight excluding hydrogens is 324 g/mol. The highest BCUT2D eigenvalue weighted by atomic mass is 32.1. The van der Waals surface area contributed by atoms with Gasteiger partial charge < -0.3 is 14.5 Å². The van der Waals surface area contributed by atoms with Crippen molar-refractivity contribution in [1.29, 1.82) is 0 Å². The highest BCUT2D eigenvalue weighted by molar-refractivity contribution is 7.10. The number of anilines is 1. The van der Waals surface area contributed by atoms with Gasteiger partial charge in [-0.3, -0.25) is 9.78 Å². The Hall–Kier alpha value is -2.41. The average molecular weight is 344 g/mol. The van der Waals surface area contributed by atoms with Crippen molar-refractivity contribution in [2.24, 2.45) is 0 Å². The van der Waals surface area contributed by atoms with Crippen molar-refractivity contribution in [3.05, 3.63) is 40.9 Å². The summed E-state index contributed by atoms with van der Waals surface area (Å²) in [6.07, 6.45) is 7.53. The molecule has 1 fully saturated rings. The van der Waals surface area contributed by atoms with Crippen molar-refractivity contribution in [2.75, 3.05) is 32.1 Å². The summed E-state index contributed by atoms with van der Waals surface area (Å²) in [5.74, 6) is 1.26. The maximum Gasteiger partial charge on any atom is 0.246 e. The minimum absolute atomic E-state index is 0.0163. The van der Waals surface area contributed by atoms with E-state index in [1.807, 2.05) is 42.6 Å². The Kier molecular flexibility index (Phi) is 5.10. The van der Waals surface area contributed by atoms with E-state index in [2.05, 4.69) is 9.97 Å². The number of amides is 1. The second kappa shape index (κ2) is 7.44. The van der Waals surface area contributed by atoms with E-state index in [4.69, 9.17) is 4.74 Å². The number of rotatable bonds is 5. The minimum atomic E-state index is -0.0456. The van der Waals surface area contributed by atoms with Crippen LogP contribution in [0, 0.1) is 0 Å². The van der Waals surface area contributed by atoms with Gasteiger partial charge in [-0.25, -0.2) is 0 Å². The molecule has 1 aliphatic heterocycles. The van der Waals surface area contributed by atoms with E-state index >= 15 is 0 Å². The van der Waals surface area contributed by atoms with Crippen molar-refractivity contribution in [1.82, 2.24) is 14.9 Å². The monoisotopic (exact) mass is 344 g/mol. The molecule has 0 aromatic carbocycles. The Balaban J connectivity index is 1.55. The number of carbonyl (C=O) groups is 1. The van der Waals surface area contributed by atoms with Gasteiger partial charge in [-0.05, 0) is 17.5 Å². The smallest absolute Gasteiger partial charge is 0.246 e. The van der Waals surface area contributed by atoms with Crippen molar-refractivity contribution in [3.8, 4) is 5.88 Å². The van der Waals surface area contributed by atoms with E-state index in [-0.39, 0.29) is 12.0 Å². The number of aromatic nitrogens is 2. The van der Waals surface area contributed by atoms with Crippen LogP contribution in [0.1, 0.15) is 11.3 Å². The molecule has 3 heterocycles. The van der Waals surface area contributed by atoms with E-state index in [0.29, 0.717) is 19.0 Å². The van der Waals surface area contributed by atoms with Crippen molar-refractivity contribution < 1.29 is 9.53 Å². The molecule has 6 nitrogen and oxygen atoms in total. The highest BCUT2D eigenvalue weighted by Crippen LogP contribution is 2.19. The predicted octanol–water partition coefficient (Wildman–Crippen LogP) is 2.30.